The van der Waals surface area contributed by atoms with Crippen LogP contribution in [0.25, 0.3) is 0 Å². The fraction of sp³-hybridized carbons (Fsp3) is 0.714. The molecule has 0 atom stereocenters. The van der Waals surface area contributed by atoms with Crippen molar-refractivity contribution in [3.63, 3.8) is 0 Å². The predicted molar refractivity (Wildman–Crippen MR) is 132 cm³/mol. The van der Waals surface area contributed by atoms with Crippen molar-refractivity contribution in [3.05, 3.63) is 35.4 Å². The third-order valence-corrected chi connectivity index (χ3v) is 6.29. The van der Waals surface area contributed by atoms with Crippen molar-refractivity contribution in [1.29, 1.82) is 0 Å². The van der Waals surface area contributed by atoms with Crippen LogP contribution in [0.1, 0.15) is 127 Å². The molecule has 0 aromatic heterocycles. The molecule has 0 bridgehead atoms. The van der Waals surface area contributed by atoms with Crippen LogP contribution in [0.4, 0.5) is 0 Å². The van der Waals surface area contributed by atoms with Gasteiger partial charge in [-0.15, -0.1) is 0 Å². The van der Waals surface area contributed by atoms with E-state index in [1.54, 1.807) is 0 Å². The Kier molecular flexibility index (Phi) is 17.5. The number of aryl methyl sites for hydroxylation is 2. The van der Waals surface area contributed by atoms with Gasteiger partial charge in [0.2, 0.25) is 0 Å². The van der Waals surface area contributed by atoms with Crippen LogP contribution in [0.15, 0.2) is 24.3 Å². The molecule has 0 aliphatic heterocycles. The van der Waals surface area contributed by atoms with Crippen molar-refractivity contribution >= 4 is 11.9 Å². The zero-order chi connectivity index (χ0) is 23.3. The van der Waals surface area contributed by atoms with Crippen molar-refractivity contribution in [2.75, 3.05) is 0 Å². The largest absolute Gasteiger partial charge is 0.481 e. The Morgan fingerprint density at radius 1 is 0.469 bits per heavy atom. The Morgan fingerprint density at radius 2 is 0.750 bits per heavy atom. The molecular weight excluding hydrogens is 400 g/mol. The van der Waals surface area contributed by atoms with Gasteiger partial charge in [-0.25, -0.2) is 0 Å². The molecule has 1 aromatic carbocycles. The minimum Gasteiger partial charge on any atom is -0.481 e. The summed E-state index contributed by atoms with van der Waals surface area (Å²) in [5.74, 6) is -1.35. The number of carboxylic acids is 2. The fourth-order valence-electron chi connectivity index (χ4n) is 4.35. The summed E-state index contributed by atoms with van der Waals surface area (Å²) >= 11 is 0. The Morgan fingerprint density at radius 3 is 1.06 bits per heavy atom. The zero-order valence-electron chi connectivity index (χ0n) is 20.2. The topological polar surface area (TPSA) is 74.6 Å². The van der Waals surface area contributed by atoms with Crippen LogP contribution in [0.5, 0.6) is 0 Å². The van der Waals surface area contributed by atoms with Gasteiger partial charge in [-0.1, -0.05) is 101 Å². The highest BCUT2D eigenvalue weighted by atomic mass is 16.4. The van der Waals surface area contributed by atoms with Crippen LogP contribution in [-0.4, -0.2) is 22.2 Å². The number of carboxylic acid groups (broad SMARTS) is 2. The SMILES string of the molecule is O=C(O)CCCCCCCCCCc1ccccc1CCCCCCCCCCC(=O)O. The van der Waals surface area contributed by atoms with Gasteiger partial charge < -0.3 is 10.2 Å². The summed E-state index contributed by atoms with van der Waals surface area (Å²) in [6.45, 7) is 0. The average molecular weight is 447 g/mol. The fourth-order valence-corrected chi connectivity index (χ4v) is 4.35. The molecule has 0 aliphatic carbocycles. The summed E-state index contributed by atoms with van der Waals surface area (Å²) in [4.78, 5) is 21.0. The highest BCUT2D eigenvalue weighted by Gasteiger charge is 2.03. The molecule has 2 N–H and O–H groups in total. The average Bonchev–Trinajstić information content (AvgIpc) is 2.76. The molecule has 1 aromatic rings. The highest BCUT2D eigenvalue weighted by molar-refractivity contribution is 5.66. The molecule has 32 heavy (non-hydrogen) atoms. The Balaban J connectivity index is 2.02. The number of hydrogen-bond acceptors (Lipinski definition) is 2. The monoisotopic (exact) mass is 446 g/mol. The first-order chi connectivity index (χ1) is 15.6. The second-order valence-corrected chi connectivity index (χ2v) is 9.21. The van der Waals surface area contributed by atoms with Crippen LogP contribution >= 0.6 is 0 Å². The van der Waals surface area contributed by atoms with E-state index in [9.17, 15) is 9.59 Å². The van der Waals surface area contributed by atoms with Gasteiger partial charge in [-0.2, -0.15) is 0 Å². The standard InChI is InChI=1S/C28H46O4/c29-27(30)23-15-11-7-3-1-5-9-13-19-25-21-17-18-22-26(25)20-14-10-6-2-4-8-12-16-24-28(31)32/h17-18,21-22H,1-16,19-20,23-24H2,(H,29,30)(H,31,32). The lowest BCUT2D eigenvalue weighted by Crippen LogP contribution is -1.95. The quantitative estimate of drug-likeness (QED) is 0.177. The molecule has 0 amide bonds. The highest BCUT2D eigenvalue weighted by Crippen LogP contribution is 2.18. The van der Waals surface area contributed by atoms with Gasteiger partial charge in [-0.3, -0.25) is 9.59 Å². The van der Waals surface area contributed by atoms with Gasteiger partial charge in [0.1, 0.15) is 0 Å². The summed E-state index contributed by atoms with van der Waals surface area (Å²) < 4.78 is 0. The van der Waals surface area contributed by atoms with E-state index >= 15 is 0 Å². The molecule has 4 nitrogen and oxygen atoms in total. The van der Waals surface area contributed by atoms with Gasteiger partial charge >= 0.3 is 11.9 Å². The molecule has 0 heterocycles. The minimum atomic E-state index is -0.674. The van der Waals surface area contributed by atoms with Gasteiger partial charge in [0.15, 0.2) is 0 Å². The Labute approximate surface area is 195 Å². The maximum absolute atomic E-state index is 10.5. The number of unbranched alkanes of at least 4 members (excludes halogenated alkanes) is 14. The van der Waals surface area contributed by atoms with E-state index in [4.69, 9.17) is 10.2 Å². The third kappa shape index (κ3) is 16.8. The number of aliphatic carboxylic acids is 2. The lowest BCUT2D eigenvalue weighted by molar-refractivity contribution is -0.138. The zero-order valence-corrected chi connectivity index (χ0v) is 20.2. The number of rotatable bonds is 22. The number of benzene rings is 1. The maximum Gasteiger partial charge on any atom is 0.303 e. The molecule has 182 valence electrons. The Hall–Kier alpha value is -1.84. The van der Waals surface area contributed by atoms with Crippen LogP contribution in [0.2, 0.25) is 0 Å². The number of carbonyl (C=O) groups is 2. The van der Waals surface area contributed by atoms with Crippen molar-refractivity contribution in [3.8, 4) is 0 Å². The van der Waals surface area contributed by atoms with Crippen molar-refractivity contribution in [2.45, 2.75) is 128 Å². The summed E-state index contributed by atoms with van der Waals surface area (Å²) in [6.07, 6.45) is 21.8. The molecule has 0 fully saturated rings. The summed E-state index contributed by atoms with van der Waals surface area (Å²) in [5.41, 5.74) is 3.05. The van der Waals surface area contributed by atoms with E-state index in [1.165, 1.54) is 101 Å². The van der Waals surface area contributed by atoms with E-state index in [0.29, 0.717) is 12.8 Å². The van der Waals surface area contributed by atoms with Crippen molar-refractivity contribution in [2.24, 2.45) is 0 Å². The van der Waals surface area contributed by atoms with Gasteiger partial charge in [0.25, 0.3) is 0 Å². The molecule has 4 heteroatoms. The van der Waals surface area contributed by atoms with E-state index in [2.05, 4.69) is 24.3 Å². The van der Waals surface area contributed by atoms with Gasteiger partial charge in [0.05, 0.1) is 0 Å². The number of hydrogen-bond donors (Lipinski definition) is 2. The first kappa shape index (κ1) is 28.2. The molecule has 0 saturated heterocycles. The summed E-state index contributed by atoms with van der Waals surface area (Å²) in [6, 6.07) is 8.93. The van der Waals surface area contributed by atoms with Crippen molar-refractivity contribution < 1.29 is 19.8 Å². The van der Waals surface area contributed by atoms with E-state index in [-0.39, 0.29) is 0 Å². The molecule has 0 aliphatic rings. The van der Waals surface area contributed by atoms with Crippen molar-refractivity contribution in [1.82, 2.24) is 0 Å². The smallest absolute Gasteiger partial charge is 0.303 e. The second-order valence-electron chi connectivity index (χ2n) is 9.21. The molecule has 0 unspecified atom stereocenters. The second kappa shape index (κ2) is 19.8. The summed E-state index contributed by atoms with van der Waals surface area (Å²) in [7, 11) is 0. The first-order valence-corrected chi connectivity index (χ1v) is 13.1. The molecule has 0 radical (unpaired) electrons. The molecule has 1 rings (SSSR count). The lowest BCUT2D eigenvalue weighted by Gasteiger charge is -2.10. The molecule has 0 spiro atoms. The first-order valence-electron chi connectivity index (χ1n) is 13.1. The summed E-state index contributed by atoms with van der Waals surface area (Å²) in [5, 5.41) is 17.3. The van der Waals surface area contributed by atoms with Gasteiger partial charge in [-0.05, 0) is 49.7 Å². The predicted octanol–water partition coefficient (Wildman–Crippen LogP) is 7.96. The normalized spacial score (nSPS) is 11.0. The molecule has 0 saturated carbocycles. The van der Waals surface area contributed by atoms with Gasteiger partial charge in [0, 0.05) is 12.8 Å². The Bertz CT molecular complexity index is 558. The maximum atomic E-state index is 10.5. The van der Waals surface area contributed by atoms with Crippen LogP contribution in [-0.2, 0) is 22.4 Å². The van der Waals surface area contributed by atoms with E-state index in [0.717, 1.165) is 25.7 Å². The van der Waals surface area contributed by atoms with Crippen LogP contribution in [0.3, 0.4) is 0 Å². The van der Waals surface area contributed by atoms with Crippen LogP contribution in [0, 0.1) is 0 Å². The van der Waals surface area contributed by atoms with E-state index in [1.807, 2.05) is 0 Å². The van der Waals surface area contributed by atoms with E-state index < -0.39 is 11.9 Å². The molecular formula is C28H46O4. The lowest BCUT2D eigenvalue weighted by atomic mass is 9.96. The third-order valence-electron chi connectivity index (χ3n) is 6.29. The minimum absolute atomic E-state index is 0.315. The van der Waals surface area contributed by atoms with Crippen LogP contribution < -0.4 is 0 Å².